The number of hydrogen-bond donors (Lipinski definition) is 3. The van der Waals surface area contributed by atoms with Gasteiger partial charge >= 0.3 is 0 Å². The molecule has 0 aromatic heterocycles. The summed E-state index contributed by atoms with van der Waals surface area (Å²) in [6.07, 6.45) is 0. The Morgan fingerprint density at radius 1 is 1.05 bits per heavy atom. The normalized spacial score (nSPS) is 9.85. The molecular weight excluding hydrogens is 294 g/mol. The van der Waals surface area contributed by atoms with E-state index in [1.807, 2.05) is 0 Å². The number of carbonyl (C=O) groups is 1. The number of carbonyl (C=O) groups excluding carboxylic acids is 1. The van der Waals surface area contributed by atoms with Gasteiger partial charge in [0.05, 0.1) is 0 Å². The van der Waals surface area contributed by atoms with Gasteiger partial charge in [0.25, 0.3) is 5.91 Å². The van der Waals surface area contributed by atoms with Gasteiger partial charge in [-0.3, -0.25) is 4.79 Å². The molecule has 2 rings (SSSR count). The Morgan fingerprint density at radius 3 is 2.25 bits per heavy atom. The van der Waals surface area contributed by atoms with Gasteiger partial charge in [0.1, 0.15) is 0 Å². The number of benzene rings is 2. The highest BCUT2D eigenvalue weighted by atomic mass is 35.5. The quantitative estimate of drug-likeness (QED) is 0.762. The fourth-order valence-corrected chi connectivity index (χ4v) is 1.87. The number of thiocarbonyl (C=S) groups is 1. The predicted octanol–water partition coefficient (Wildman–Crippen LogP) is 3.25. The molecule has 0 saturated heterocycles. The molecule has 0 unspecified atom stereocenters. The van der Waals surface area contributed by atoms with Crippen LogP contribution in [-0.2, 0) is 0 Å². The maximum Gasteiger partial charge on any atom is 0.255 e. The van der Waals surface area contributed by atoms with Gasteiger partial charge in [-0.25, -0.2) is 0 Å². The monoisotopic (exact) mass is 305 g/mol. The summed E-state index contributed by atoms with van der Waals surface area (Å²) in [6.45, 7) is 0. The molecule has 102 valence electrons. The number of hydrogen-bond acceptors (Lipinski definition) is 2. The minimum Gasteiger partial charge on any atom is -0.376 e. The van der Waals surface area contributed by atoms with Gasteiger partial charge in [-0.2, -0.15) is 0 Å². The summed E-state index contributed by atoms with van der Waals surface area (Å²) in [4.78, 5) is 12.0. The summed E-state index contributed by atoms with van der Waals surface area (Å²) in [5.41, 5.74) is 7.29. The van der Waals surface area contributed by atoms with E-state index in [1.54, 1.807) is 48.5 Å². The molecule has 0 fully saturated rings. The first-order chi connectivity index (χ1) is 9.54. The van der Waals surface area contributed by atoms with Crippen molar-refractivity contribution >= 4 is 46.2 Å². The van der Waals surface area contributed by atoms with Crippen LogP contribution in [-0.4, -0.2) is 11.0 Å². The van der Waals surface area contributed by atoms with Crippen molar-refractivity contribution in [2.24, 2.45) is 5.73 Å². The Kier molecular flexibility index (Phi) is 4.55. The average Bonchev–Trinajstić information content (AvgIpc) is 2.39. The summed E-state index contributed by atoms with van der Waals surface area (Å²) in [5.74, 6) is -0.214. The van der Waals surface area contributed by atoms with E-state index in [1.165, 1.54) is 0 Å². The van der Waals surface area contributed by atoms with Crippen LogP contribution in [0.15, 0.2) is 48.5 Å². The van der Waals surface area contributed by atoms with Crippen molar-refractivity contribution in [2.75, 3.05) is 10.6 Å². The third-order valence-electron chi connectivity index (χ3n) is 2.49. The van der Waals surface area contributed by atoms with Crippen LogP contribution in [0.3, 0.4) is 0 Å². The molecule has 2 aromatic rings. The van der Waals surface area contributed by atoms with Crippen molar-refractivity contribution in [3.63, 3.8) is 0 Å². The highest BCUT2D eigenvalue weighted by molar-refractivity contribution is 7.80. The number of rotatable bonds is 3. The van der Waals surface area contributed by atoms with E-state index in [4.69, 9.17) is 29.6 Å². The molecule has 4 nitrogen and oxygen atoms in total. The lowest BCUT2D eigenvalue weighted by Gasteiger charge is -2.08. The summed E-state index contributed by atoms with van der Waals surface area (Å²) >= 11 is 10.5. The first-order valence-electron chi connectivity index (χ1n) is 5.78. The van der Waals surface area contributed by atoms with Crippen molar-refractivity contribution in [2.45, 2.75) is 0 Å². The van der Waals surface area contributed by atoms with Gasteiger partial charge in [0.2, 0.25) is 0 Å². The second kappa shape index (κ2) is 6.36. The lowest BCUT2D eigenvalue weighted by Crippen LogP contribution is -2.19. The molecule has 0 radical (unpaired) electrons. The molecule has 6 heteroatoms. The number of halogens is 1. The third kappa shape index (κ3) is 3.94. The van der Waals surface area contributed by atoms with Crippen LogP contribution >= 0.6 is 23.8 Å². The molecular formula is C14H12ClN3OS. The summed E-state index contributed by atoms with van der Waals surface area (Å²) in [6, 6.07) is 13.8. The number of nitrogens with one attached hydrogen (secondary N) is 2. The van der Waals surface area contributed by atoms with Crippen molar-refractivity contribution in [3.8, 4) is 0 Å². The van der Waals surface area contributed by atoms with Gasteiger partial charge in [0, 0.05) is 22.0 Å². The Balaban J connectivity index is 2.11. The predicted molar refractivity (Wildman–Crippen MR) is 86.3 cm³/mol. The lowest BCUT2D eigenvalue weighted by molar-refractivity contribution is 0.102. The first kappa shape index (κ1) is 14.3. The van der Waals surface area contributed by atoms with E-state index in [0.717, 1.165) is 0 Å². The van der Waals surface area contributed by atoms with Crippen molar-refractivity contribution in [1.82, 2.24) is 0 Å². The lowest BCUT2D eigenvalue weighted by atomic mass is 10.2. The Morgan fingerprint density at radius 2 is 1.65 bits per heavy atom. The second-order valence-electron chi connectivity index (χ2n) is 4.03. The largest absolute Gasteiger partial charge is 0.376 e. The van der Waals surface area contributed by atoms with Crippen LogP contribution in [0.25, 0.3) is 0 Å². The molecule has 0 aliphatic carbocycles. The Labute approximate surface area is 126 Å². The van der Waals surface area contributed by atoms with Crippen molar-refractivity contribution in [3.05, 3.63) is 59.1 Å². The second-order valence-corrected chi connectivity index (χ2v) is 4.91. The zero-order valence-electron chi connectivity index (χ0n) is 10.4. The van der Waals surface area contributed by atoms with Crippen molar-refractivity contribution in [1.29, 1.82) is 0 Å². The Hall–Kier alpha value is -2.11. The zero-order valence-corrected chi connectivity index (χ0v) is 12.0. The molecule has 20 heavy (non-hydrogen) atoms. The number of anilines is 2. The van der Waals surface area contributed by atoms with Gasteiger partial charge < -0.3 is 16.4 Å². The van der Waals surface area contributed by atoms with Crippen LogP contribution in [0.4, 0.5) is 11.4 Å². The fraction of sp³-hybridized carbons (Fsp3) is 0. The smallest absolute Gasteiger partial charge is 0.255 e. The van der Waals surface area contributed by atoms with E-state index in [9.17, 15) is 4.79 Å². The van der Waals surface area contributed by atoms with E-state index >= 15 is 0 Å². The molecule has 0 saturated carbocycles. The standard InChI is InChI=1S/C14H12ClN3OS/c15-10-6-4-9(5-7-10)13(19)17-11-2-1-3-12(8-11)18-14(16)20/h1-8H,(H,17,19)(H3,16,18,20). The third-order valence-corrected chi connectivity index (χ3v) is 2.85. The molecule has 4 N–H and O–H groups in total. The van der Waals surface area contributed by atoms with Gasteiger partial charge in [-0.15, -0.1) is 0 Å². The van der Waals surface area contributed by atoms with Gasteiger partial charge in [-0.1, -0.05) is 17.7 Å². The summed E-state index contributed by atoms with van der Waals surface area (Å²) in [5, 5.41) is 6.35. The number of nitrogens with two attached hydrogens (primary N) is 1. The van der Waals surface area contributed by atoms with E-state index < -0.39 is 0 Å². The summed E-state index contributed by atoms with van der Waals surface area (Å²) in [7, 11) is 0. The zero-order chi connectivity index (χ0) is 14.5. The van der Waals surface area contributed by atoms with Crippen LogP contribution in [0.5, 0.6) is 0 Å². The van der Waals surface area contributed by atoms with Crippen LogP contribution in [0.2, 0.25) is 5.02 Å². The highest BCUT2D eigenvalue weighted by Crippen LogP contribution is 2.16. The number of amides is 1. The van der Waals surface area contributed by atoms with E-state index in [-0.39, 0.29) is 11.0 Å². The van der Waals surface area contributed by atoms with Crippen molar-refractivity contribution < 1.29 is 4.79 Å². The Bertz CT molecular complexity index is 643. The fourth-order valence-electron chi connectivity index (χ4n) is 1.62. The molecule has 0 aliphatic rings. The molecule has 0 aliphatic heterocycles. The highest BCUT2D eigenvalue weighted by Gasteiger charge is 2.06. The summed E-state index contributed by atoms with van der Waals surface area (Å²) < 4.78 is 0. The topological polar surface area (TPSA) is 67.2 Å². The average molecular weight is 306 g/mol. The minimum absolute atomic E-state index is 0.172. The van der Waals surface area contributed by atoms with E-state index in [0.29, 0.717) is 22.0 Å². The maximum absolute atomic E-state index is 12.0. The molecule has 2 aromatic carbocycles. The SMILES string of the molecule is NC(=S)Nc1cccc(NC(=O)c2ccc(Cl)cc2)c1. The molecule has 0 heterocycles. The first-order valence-corrected chi connectivity index (χ1v) is 6.56. The molecule has 0 atom stereocenters. The minimum atomic E-state index is -0.214. The van der Waals surface area contributed by atoms with E-state index in [2.05, 4.69) is 10.6 Å². The van der Waals surface area contributed by atoms with Crippen LogP contribution in [0, 0.1) is 0 Å². The van der Waals surface area contributed by atoms with Gasteiger partial charge in [-0.05, 0) is 54.7 Å². The maximum atomic E-state index is 12.0. The van der Waals surface area contributed by atoms with Crippen LogP contribution in [0.1, 0.15) is 10.4 Å². The van der Waals surface area contributed by atoms with Gasteiger partial charge in [0.15, 0.2) is 5.11 Å². The van der Waals surface area contributed by atoms with Crippen LogP contribution < -0.4 is 16.4 Å². The molecule has 0 bridgehead atoms. The molecule has 1 amide bonds. The molecule has 0 spiro atoms.